The zero-order chi connectivity index (χ0) is 4.50. The summed E-state index contributed by atoms with van der Waals surface area (Å²) in [4.78, 5) is 0. The van der Waals surface area contributed by atoms with Crippen LogP contribution in [0.1, 0.15) is 0 Å². The van der Waals surface area contributed by atoms with Gasteiger partial charge in [0.15, 0.2) is 6.92 Å². The van der Waals surface area contributed by atoms with Gasteiger partial charge in [0, 0.05) is 32.6 Å². The van der Waals surface area contributed by atoms with Gasteiger partial charge in [-0.25, -0.2) is 4.21 Å². The van der Waals surface area contributed by atoms with Crippen molar-refractivity contribution in [3.05, 3.63) is 0 Å². The first kappa shape index (κ1) is 5.95. The Morgan fingerprint density at radius 2 is 1.60 bits per heavy atom. The molecule has 0 fully saturated rings. The van der Waals surface area contributed by atoms with E-state index in [1.54, 1.807) is 0 Å². The average molecular weight is 151 g/mol. The van der Waals surface area contributed by atoms with E-state index in [2.05, 4.69) is 32.6 Å². The van der Waals surface area contributed by atoms with Crippen molar-refractivity contribution in [3.8, 4) is 0 Å². The summed E-state index contributed by atoms with van der Waals surface area (Å²) < 4.78 is 9.53. The molecule has 0 spiro atoms. The first-order valence-corrected chi connectivity index (χ1v) is 4.78. The molecule has 0 aliphatic rings. The fourth-order valence-electron chi connectivity index (χ4n) is 0. The maximum absolute atomic E-state index is 9.53. The number of rotatable bonds is 0. The molecule has 0 aromatic heterocycles. The predicted molar refractivity (Wildman–Crippen MR) is 27.2 cm³/mol. The predicted octanol–water partition coefficient (Wildman–Crippen LogP) is 1.04. The Bertz CT molecular complexity index is 90.8. The molecule has 0 saturated carbocycles. The van der Waals surface area contributed by atoms with Crippen molar-refractivity contribution in [2.75, 3.05) is 0 Å². The van der Waals surface area contributed by atoms with Crippen molar-refractivity contribution in [1.82, 2.24) is 0 Å². The smallest absolute Gasteiger partial charge is 0.196 e. The van der Waals surface area contributed by atoms with Gasteiger partial charge >= 0.3 is 0 Å². The van der Waals surface area contributed by atoms with Gasteiger partial charge in [0.05, 0.1) is 0 Å². The van der Waals surface area contributed by atoms with Gasteiger partial charge in [0.1, 0.15) is 0 Å². The van der Waals surface area contributed by atoms with E-state index in [9.17, 15) is 4.21 Å². The Kier molecular flexibility index (Phi) is 1.90. The molecule has 0 aliphatic carbocycles. The minimum atomic E-state index is -2.89. The molecule has 0 rings (SSSR count). The zero-order valence-electron chi connectivity index (χ0n) is 1.98. The van der Waals surface area contributed by atoms with Crippen molar-refractivity contribution in [2.24, 2.45) is 0 Å². The van der Waals surface area contributed by atoms with Crippen molar-refractivity contribution in [3.63, 3.8) is 0 Å². The van der Waals surface area contributed by atoms with Crippen LogP contribution in [-0.2, 0) is 18.1 Å². The van der Waals surface area contributed by atoms with Crippen molar-refractivity contribution in [1.29, 1.82) is 0 Å². The lowest BCUT2D eigenvalue weighted by molar-refractivity contribution is 0.697. The topological polar surface area (TPSA) is 17.1 Å². The second kappa shape index (κ2) is 1.60. The molecule has 0 saturated heterocycles. The molecule has 0 aromatic rings. The highest BCUT2D eigenvalue weighted by molar-refractivity contribution is 8.58. The van der Waals surface area contributed by atoms with Gasteiger partial charge in [-0.1, -0.05) is 0 Å². The lowest BCUT2D eigenvalue weighted by atomic mass is 16.0. The van der Waals surface area contributed by atoms with Crippen LogP contribution in [0.3, 0.4) is 0 Å². The Labute approximate surface area is 43.9 Å². The molecule has 0 radical (unpaired) electrons. The van der Waals surface area contributed by atoms with Crippen LogP contribution in [0.4, 0.5) is 0 Å². The molecule has 0 amide bonds. The van der Waals surface area contributed by atoms with E-state index in [1.807, 2.05) is 0 Å². The minimum Gasteiger partial charge on any atom is -0.224 e. The molecular weight excluding hydrogens is 151 g/mol. The molecule has 0 aliphatic heterocycles. The van der Waals surface area contributed by atoms with Crippen LogP contribution in [0.5, 0.6) is 0 Å². The molecule has 5 heteroatoms. The number of halogens is 2. The molecule has 0 unspecified atom stereocenters. The first-order valence-electron chi connectivity index (χ1n) is 0.642. The fraction of sp³-hybridized carbons (Fsp3) is 0. The largest absolute Gasteiger partial charge is 0.224 e. The summed E-state index contributed by atoms with van der Waals surface area (Å²) in [5.41, 5.74) is 0. The molecule has 0 heterocycles. The lowest BCUT2D eigenvalue weighted by Gasteiger charge is -1.65. The highest BCUT2D eigenvalue weighted by atomic mass is 36.0. The van der Waals surface area contributed by atoms with Crippen molar-refractivity contribution in [2.45, 2.75) is 0 Å². The van der Waals surface area contributed by atoms with Crippen LogP contribution < -0.4 is 0 Å². The molecule has 0 bridgehead atoms. The summed E-state index contributed by atoms with van der Waals surface area (Å²) in [6.45, 7) is -2.89. The van der Waals surface area contributed by atoms with Gasteiger partial charge in [-0.15, -0.1) is 0 Å². The molecule has 0 N–H and O–H groups in total. The Hall–Kier alpha value is 0.950. The van der Waals surface area contributed by atoms with Gasteiger partial charge in [-0.05, 0) is 0 Å². The molecule has 1 nitrogen and oxygen atoms in total. The Morgan fingerprint density at radius 3 is 1.60 bits per heavy atom. The van der Waals surface area contributed by atoms with E-state index in [1.165, 1.54) is 0 Å². The molecule has 32 valence electrons. The SMILES string of the molecule is O=S(=S)(Cl)Cl. The molecule has 5 heavy (non-hydrogen) atoms. The highest BCUT2D eigenvalue weighted by Gasteiger charge is 1.82. The standard InChI is InChI=1S/Cl2OS2/c1-5(2,3)4. The van der Waals surface area contributed by atoms with Gasteiger partial charge in [0.2, 0.25) is 0 Å². The quantitative estimate of drug-likeness (QED) is 0.481. The summed E-state index contributed by atoms with van der Waals surface area (Å²) in [7, 11) is 9.28. The zero-order valence-corrected chi connectivity index (χ0v) is 5.13. The van der Waals surface area contributed by atoms with Crippen LogP contribution in [0.25, 0.3) is 0 Å². The van der Waals surface area contributed by atoms with Crippen LogP contribution in [-0.4, -0.2) is 4.21 Å². The first-order chi connectivity index (χ1) is 2.00. The van der Waals surface area contributed by atoms with Gasteiger partial charge < -0.3 is 0 Å². The van der Waals surface area contributed by atoms with E-state index in [0.29, 0.717) is 0 Å². The third-order valence-electron chi connectivity index (χ3n) is 0. The third kappa shape index (κ3) is 47.7. The van der Waals surface area contributed by atoms with Gasteiger partial charge in [0.25, 0.3) is 0 Å². The van der Waals surface area contributed by atoms with E-state index in [4.69, 9.17) is 0 Å². The average Bonchev–Trinajstić information content (AvgIpc) is 0.722. The maximum atomic E-state index is 9.53. The van der Waals surface area contributed by atoms with E-state index >= 15 is 0 Å². The number of hydrogen-bond acceptors (Lipinski definition) is 2. The van der Waals surface area contributed by atoms with Crippen molar-refractivity contribution < 1.29 is 4.21 Å². The highest BCUT2D eigenvalue weighted by Crippen LogP contribution is 2.00. The summed E-state index contributed by atoms with van der Waals surface area (Å²) in [5, 5.41) is 0. The van der Waals surface area contributed by atoms with Crippen LogP contribution in [0.15, 0.2) is 0 Å². The summed E-state index contributed by atoms with van der Waals surface area (Å²) in [6.07, 6.45) is 0. The van der Waals surface area contributed by atoms with Gasteiger partial charge in [-0.2, -0.15) is 0 Å². The molecular formula is Cl2OS2. The van der Waals surface area contributed by atoms with Crippen molar-refractivity contribution >= 4 is 39.5 Å². The number of hydrogen-bond donors (Lipinski definition) is 0. The van der Waals surface area contributed by atoms with E-state index in [0.717, 1.165) is 0 Å². The van der Waals surface area contributed by atoms with E-state index < -0.39 is 6.92 Å². The van der Waals surface area contributed by atoms with Crippen LogP contribution >= 0.6 is 21.4 Å². The monoisotopic (exact) mass is 150 g/mol. The third-order valence-corrected chi connectivity index (χ3v) is 0. The summed E-state index contributed by atoms with van der Waals surface area (Å²) in [6, 6.07) is 0. The van der Waals surface area contributed by atoms with E-state index in [-0.39, 0.29) is 0 Å². The maximum Gasteiger partial charge on any atom is 0.196 e. The second-order valence-electron chi connectivity index (χ2n) is 0.378. The van der Waals surface area contributed by atoms with Crippen LogP contribution in [0, 0.1) is 0 Å². The molecule has 0 atom stereocenters. The normalized spacial score (nSPS) is 11.6. The molecule has 0 aromatic carbocycles. The Morgan fingerprint density at radius 1 is 1.60 bits per heavy atom. The Balaban J connectivity index is 4.06. The van der Waals surface area contributed by atoms with Gasteiger partial charge in [-0.3, -0.25) is 0 Å². The fourth-order valence-corrected chi connectivity index (χ4v) is 0. The summed E-state index contributed by atoms with van der Waals surface area (Å²) in [5.74, 6) is 0. The second-order valence-corrected chi connectivity index (χ2v) is 6.72. The lowest BCUT2D eigenvalue weighted by Crippen LogP contribution is -1.59. The van der Waals surface area contributed by atoms with Crippen LogP contribution in [0.2, 0.25) is 0 Å². The minimum absolute atomic E-state index is 2.89. The summed E-state index contributed by atoms with van der Waals surface area (Å²) >= 11 is 3.89.